The molecule has 474 valence electrons. The van der Waals surface area contributed by atoms with Crippen molar-refractivity contribution in [1.82, 2.24) is 0 Å². The van der Waals surface area contributed by atoms with Crippen molar-refractivity contribution < 1.29 is 28.6 Å². The number of ether oxygens (including phenoxy) is 3. The zero-order valence-corrected chi connectivity index (χ0v) is 54.5. The molecule has 0 spiro atoms. The van der Waals surface area contributed by atoms with E-state index in [1.54, 1.807) is 0 Å². The Balaban J connectivity index is 4.21. The van der Waals surface area contributed by atoms with E-state index in [0.717, 1.165) is 103 Å². The van der Waals surface area contributed by atoms with Gasteiger partial charge in [0.25, 0.3) is 0 Å². The normalized spacial score (nSPS) is 12.6. The van der Waals surface area contributed by atoms with Gasteiger partial charge >= 0.3 is 17.9 Å². The van der Waals surface area contributed by atoms with Gasteiger partial charge in [-0.3, -0.25) is 14.4 Å². The third-order valence-corrected chi connectivity index (χ3v) is 15.6. The maximum absolute atomic E-state index is 12.9. The summed E-state index contributed by atoms with van der Waals surface area (Å²) in [4.78, 5) is 38.4. The maximum atomic E-state index is 12.9. The third-order valence-electron chi connectivity index (χ3n) is 15.6. The number of hydrogen-bond donors (Lipinski definition) is 0. The predicted octanol–water partition coefficient (Wildman–Crippen LogP) is 24.6. The van der Waals surface area contributed by atoms with E-state index in [1.807, 2.05) is 0 Å². The molecule has 0 aliphatic heterocycles. The summed E-state index contributed by atoms with van der Waals surface area (Å²) in [6, 6.07) is 0. The number of hydrogen-bond acceptors (Lipinski definition) is 6. The van der Waals surface area contributed by atoms with Crippen LogP contribution in [0.2, 0.25) is 0 Å². The summed E-state index contributed by atoms with van der Waals surface area (Å²) in [5.74, 6) is -0.875. The van der Waals surface area contributed by atoms with Gasteiger partial charge in [0.05, 0.1) is 0 Å². The van der Waals surface area contributed by atoms with Crippen LogP contribution in [0.15, 0.2) is 85.1 Å². The van der Waals surface area contributed by atoms with E-state index in [0.29, 0.717) is 19.3 Å². The van der Waals surface area contributed by atoms with E-state index in [4.69, 9.17) is 14.2 Å². The molecule has 0 bridgehead atoms. The fraction of sp³-hybridized carbons (Fsp3) is 0.776. The van der Waals surface area contributed by atoms with Gasteiger partial charge in [0.15, 0.2) is 6.10 Å². The lowest BCUT2D eigenvalue weighted by atomic mass is 10.0. The first-order valence-electron chi connectivity index (χ1n) is 35.6. The molecular formula is C76H134O6. The molecule has 0 N–H and O–H groups in total. The Kier molecular flexibility index (Phi) is 67.2. The van der Waals surface area contributed by atoms with Gasteiger partial charge in [-0.05, 0) is 109 Å². The summed E-state index contributed by atoms with van der Waals surface area (Å²) in [7, 11) is 0. The van der Waals surface area contributed by atoms with Crippen LogP contribution < -0.4 is 0 Å². The van der Waals surface area contributed by atoms with Crippen LogP contribution >= 0.6 is 0 Å². The Morgan fingerprint density at radius 3 is 0.793 bits per heavy atom. The van der Waals surface area contributed by atoms with Crippen LogP contribution in [0.3, 0.4) is 0 Å². The molecule has 0 heterocycles. The summed E-state index contributed by atoms with van der Waals surface area (Å²) in [6.45, 7) is 6.52. The Hall–Kier alpha value is -3.41. The van der Waals surface area contributed by atoms with E-state index in [2.05, 4.69) is 106 Å². The quantitative estimate of drug-likeness (QED) is 0.0261. The molecule has 0 aromatic rings. The number of rotatable bonds is 65. The molecule has 0 radical (unpaired) electrons. The Morgan fingerprint density at radius 2 is 0.488 bits per heavy atom. The van der Waals surface area contributed by atoms with Crippen molar-refractivity contribution in [2.75, 3.05) is 13.2 Å². The number of unbranched alkanes of at least 4 members (excludes halogenated alkanes) is 40. The van der Waals surface area contributed by atoms with Gasteiger partial charge < -0.3 is 14.2 Å². The molecule has 6 heteroatoms. The van der Waals surface area contributed by atoms with E-state index >= 15 is 0 Å². The van der Waals surface area contributed by atoms with Crippen LogP contribution in [0.5, 0.6) is 0 Å². The molecule has 0 aromatic heterocycles. The molecule has 0 fully saturated rings. The van der Waals surface area contributed by atoms with Gasteiger partial charge in [0, 0.05) is 19.3 Å². The molecule has 0 aliphatic rings. The molecule has 0 aliphatic carbocycles. The topological polar surface area (TPSA) is 78.9 Å². The second kappa shape index (κ2) is 70.1. The second-order valence-corrected chi connectivity index (χ2v) is 23.8. The van der Waals surface area contributed by atoms with Crippen LogP contribution in [0.25, 0.3) is 0 Å². The average Bonchev–Trinajstić information content (AvgIpc) is 3.47. The van der Waals surface area contributed by atoms with Gasteiger partial charge in [0.1, 0.15) is 13.2 Å². The fourth-order valence-corrected chi connectivity index (χ4v) is 10.3. The van der Waals surface area contributed by atoms with Gasteiger partial charge in [-0.15, -0.1) is 0 Å². The van der Waals surface area contributed by atoms with E-state index in [9.17, 15) is 14.4 Å². The van der Waals surface area contributed by atoms with Crippen molar-refractivity contribution in [2.24, 2.45) is 0 Å². The van der Waals surface area contributed by atoms with Crippen LogP contribution in [0, 0.1) is 0 Å². The van der Waals surface area contributed by atoms with Gasteiger partial charge in [-0.2, -0.15) is 0 Å². The number of esters is 3. The van der Waals surface area contributed by atoms with E-state index in [1.165, 1.54) is 218 Å². The number of carbonyl (C=O) groups is 3. The largest absolute Gasteiger partial charge is 0.462 e. The number of allylic oxidation sites excluding steroid dienone is 14. The number of carbonyl (C=O) groups excluding carboxylic acids is 3. The first-order chi connectivity index (χ1) is 40.5. The smallest absolute Gasteiger partial charge is 0.306 e. The highest BCUT2D eigenvalue weighted by Crippen LogP contribution is 2.18. The van der Waals surface area contributed by atoms with Crippen molar-refractivity contribution in [3.8, 4) is 0 Å². The molecule has 0 rings (SSSR count). The van der Waals surface area contributed by atoms with Crippen LogP contribution in [0.1, 0.15) is 361 Å². The Labute approximate surface area is 509 Å². The van der Waals surface area contributed by atoms with Crippen molar-refractivity contribution in [3.63, 3.8) is 0 Å². The summed E-state index contributed by atoms with van der Waals surface area (Å²) in [5.41, 5.74) is 0. The minimum Gasteiger partial charge on any atom is -0.462 e. The highest BCUT2D eigenvalue weighted by Gasteiger charge is 2.19. The standard InChI is InChI=1S/C76H134O6/c1-4-7-10-13-16-19-22-25-28-30-32-33-34-35-36-37-38-39-40-41-42-43-45-46-48-51-54-57-60-63-66-69-75(78)81-72-73(71-80-74(77)68-65-62-59-56-53-50-27-24-21-18-15-12-9-6-3)82-76(79)70-67-64-61-58-55-52-49-47-44-31-29-26-23-20-17-14-11-8-5-2/h7,10,15-16,18-19,24-29,32-33,73H,4-6,8-9,11-14,17,20-23,30-31,34-72H2,1-3H3/b10-7-,18-15-,19-16-,27-24-,28-25-,29-26-,33-32-. The summed E-state index contributed by atoms with van der Waals surface area (Å²) in [6.07, 6.45) is 93.3. The zero-order valence-electron chi connectivity index (χ0n) is 54.5. The van der Waals surface area contributed by atoms with Gasteiger partial charge in [-0.25, -0.2) is 0 Å². The lowest BCUT2D eigenvalue weighted by Crippen LogP contribution is -2.30. The van der Waals surface area contributed by atoms with Crippen molar-refractivity contribution in [3.05, 3.63) is 85.1 Å². The molecule has 6 nitrogen and oxygen atoms in total. The average molecular weight is 1140 g/mol. The van der Waals surface area contributed by atoms with Crippen molar-refractivity contribution in [2.45, 2.75) is 367 Å². The molecule has 0 aromatic carbocycles. The monoisotopic (exact) mass is 1140 g/mol. The lowest BCUT2D eigenvalue weighted by Gasteiger charge is -2.18. The molecule has 0 saturated carbocycles. The molecule has 0 amide bonds. The first-order valence-corrected chi connectivity index (χ1v) is 35.6. The highest BCUT2D eigenvalue weighted by molar-refractivity contribution is 5.71. The first kappa shape index (κ1) is 78.6. The van der Waals surface area contributed by atoms with Crippen molar-refractivity contribution in [1.29, 1.82) is 0 Å². The summed E-state index contributed by atoms with van der Waals surface area (Å²) >= 11 is 0. The minimum absolute atomic E-state index is 0.0778. The SMILES string of the molecule is CC/C=C\C/C=C\C/C=C\C/C=C\CCCCCCCCCCCCCCCCCCCCC(=O)OCC(COC(=O)CCCCCCC/C=C\C/C=C\CCCC)OC(=O)CCCCCCCCCCC/C=C\CCCCCCCC. The van der Waals surface area contributed by atoms with Gasteiger partial charge in [-0.1, -0.05) is 318 Å². The molecule has 1 atom stereocenters. The van der Waals surface area contributed by atoms with Gasteiger partial charge in [0.2, 0.25) is 0 Å². The van der Waals surface area contributed by atoms with Crippen LogP contribution in [-0.4, -0.2) is 37.2 Å². The van der Waals surface area contributed by atoms with E-state index < -0.39 is 6.10 Å². The zero-order chi connectivity index (χ0) is 59.2. The van der Waals surface area contributed by atoms with Crippen molar-refractivity contribution >= 4 is 17.9 Å². The highest BCUT2D eigenvalue weighted by atomic mass is 16.6. The molecule has 82 heavy (non-hydrogen) atoms. The molecule has 1 unspecified atom stereocenters. The fourth-order valence-electron chi connectivity index (χ4n) is 10.3. The molecule has 0 saturated heterocycles. The minimum atomic E-state index is -0.783. The molecular weight excluding hydrogens is 1010 g/mol. The lowest BCUT2D eigenvalue weighted by molar-refractivity contribution is -0.167. The third kappa shape index (κ3) is 67.4. The maximum Gasteiger partial charge on any atom is 0.306 e. The summed E-state index contributed by atoms with van der Waals surface area (Å²) in [5, 5.41) is 0. The Bertz CT molecular complexity index is 1550. The van der Waals surface area contributed by atoms with E-state index in [-0.39, 0.29) is 31.1 Å². The summed E-state index contributed by atoms with van der Waals surface area (Å²) < 4.78 is 17.0. The van der Waals surface area contributed by atoms with Crippen LogP contribution in [-0.2, 0) is 28.6 Å². The van der Waals surface area contributed by atoms with Crippen LogP contribution in [0.4, 0.5) is 0 Å². The Morgan fingerprint density at radius 1 is 0.256 bits per heavy atom. The predicted molar refractivity (Wildman–Crippen MR) is 358 cm³/mol. The second-order valence-electron chi connectivity index (χ2n) is 23.8.